The van der Waals surface area contributed by atoms with Crippen LogP contribution in [-0.2, 0) is 6.54 Å². The van der Waals surface area contributed by atoms with E-state index in [4.69, 9.17) is 16.3 Å². The van der Waals surface area contributed by atoms with Gasteiger partial charge in [-0.3, -0.25) is 9.78 Å². The summed E-state index contributed by atoms with van der Waals surface area (Å²) >= 11 is 6.16. The Kier molecular flexibility index (Phi) is 5.17. The SMILES string of the molecule is CC(C)Oc1ccc(CNC(=O)c2cccnc2)cc1Cl. The molecule has 0 unspecified atom stereocenters. The quantitative estimate of drug-likeness (QED) is 0.920. The number of aromatic nitrogens is 1. The highest BCUT2D eigenvalue weighted by Gasteiger charge is 2.07. The average molecular weight is 305 g/mol. The maximum Gasteiger partial charge on any atom is 0.253 e. The minimum absolute atomic E-state index is 0.0682. The molecule has 1 heterocycles. The van der Waals surface area contributed by atoms with Crippen LogP contribution in [0.3, 0.4) is 0 Å². The zero-order chi connectivity index (χ0) is 15.2. The Hall–Kier alpha value is -2.07. The summed E-state index contributed by atoms with van der Waals surface area (Å²) in [6.07, 6.45) is 3.23. The van der Waals surface area contributed by atoms with Crippen molar-refractivity contribution in [1.82, 2.24) is 10.3 Å². The van der Waals surface area contributed by atoms with Gasteiger partial charge in [0.2, 0.25) is 0 Å². The Labute approximate surface area is 129 Å². The number of halogens is 1. The molecule has 0 saturated heterocycles. The Balaban J connectivity index is 1.98. The van der Waals surface area contributed by atoms with E-state index in [1.165, 1.54) is 6.20 Å². The van der Waals surface area contributed by atoms with Crippen LogP contribution < -0.4 is 10.1 Å². The lowest BCUT2D eigenvalue weighted by molar-refractivity contribution is 0.0950. The molecule has 110 valence electrons. The first kappa shape index (κ1) is 15.3. The van der Waals surface area contributed by atoms with Gasteiger partial charge in [0.25, 0.3) is 5.91 Å². The molecule has 21 heavy (non-hydrogen) atoms. The van der Waals surface area contributed by atoms with Crippen LogP contribution in [-0.4, -0.2) is 17.0 Å². The van der Waals surface area contributed by atoms with Gasteiger partial charge in [-0.05, 0) is 43.7 Å². The lowest BCUT2D eigenvalue weighted by Crippen LogP contribution is -2.22. The number of nitrogens with zero attached hydrogens (tertiary/aromatic N) is 1. The number of carbonyl (C=O) groups excluding carboxylic acids is 1. The minimum atomic E-state index is -0.165. The average Bonchev–Trinajstić information content (AvgIpc) is 2.48. The molecular weight excluding hydrogens is 288 g/mol. The minimum Gasteiger partial charge on any atom is -0.489 e. The molecule has 4 nitrogen and oxygen atoms in total. The third kappa shape index (κ3) is 4.46. The van der Waals surface area contributed by atoms with Crippen LogP contribution in [0.4, 0.5) is 0 Å². The van der Waals surface area contributed by atoms with E-state index in [0.717, 1.165) is 5.56 Å². The third-order valence-electron chi connectivity index (χ3n) is 2.74. The predicted molar refractivity (Wildman–Crippen MR) is 82.6 cm³/mol. The Morgan fingerprint density at radius 2 is 2.19 bits per heavy atom. The highest BCUT2D eigenvalue weighted by atomic mass is 35.5. The van der Waals surface area contributed by atoms with Crippen molar-refractivity contribution in [2.75, 3.05) is 0 Å². The monoisotopic (exact) mass is 304 g/mol. The highest BCUT2D eigenvalue weighted by molar-refractivity contribution is 6.32. The standard InChI is InChI=1S/C16H17ClN2O2/c1-11(2)21-15-6-5-12(8-14(15)17)9-19-16(20)13-4-3-7-18-10-13/h3-8,10-11H,9H2,1-2H3,(H,19,20). The molecule has 0 radical (unpaired) electrons. The van der Waals surface area contributed by atoms with Gasteiger partial charge in [0.05, 0.1) is 16.7 Å². The molecule has 1 aromatic carbocycles. The molecule has 2 aromatic rings. The van der Waals surface area contributed by atoms with Gasteiger partial charge in [-0.25, -0.2) is 0 Å². The van der Waals surface area contributed by atoms with Crippen molar-refractivity contribution in [2.24, 2.45) is 0 Å². The summed E-state index contributed by atoms with van der Waals surface area (Å²) in [5, 5.41) is 3.36. The van der Waals surface area contributed by atoms with Crippen LogP contribution in [0, 0.1) is 0 Å². The van der Waals surface area contributed by atoms with Crippen molar-refractivity contribution in [1.29, 1.82) is 0 Å². The van der Waals surface area contributed by atoms with E-state index in [2.05, 4.69) is 10.3 Å². The summed E-state index contributed by atoms with van der Waals surface area (Å²) in [6, 6.07) is 8.93. The van der Waals surface area contributed by atoms with Crippen molar-refractivity contribution in [3.8, 4) is 5.75 Å². The number of carbonyl (C=O) groups is 1. The fourth-order valence-electron chi connectivity index (χ4n) is 1.79. The topological polar surface area (TPSA) is 51.2 Å². The zero-order valence-electron chi connectivity index (χ0n) is 12.0. The van der Waals surface area contributed by atoms with Crippen molar-refractivity contribution in [3.05, 3.63) is 58.9 Å². The van der Waals surface area contributed by atoms with E-state index < -0.39 is 0 Å². The van der Waals surface area contributed by atoms with Crippen molar-refractivity contribution in [3.63, 3.8) is 0 Å². The molecule has 0 aliphatic heterocycles. The summed E-state index contributed by atoms with van der Waals surface area (Å²) < 4.78 is 5.57. The fourth-order valence-corrected chi connectivity index (χ4v) is 2.03. The van der Waals surface area contributed by atoms with Gasteiger partial charge in [0.1, 0.15) is 5.75 Å². The summed E-state index contributed by atoms with van der Waals surface area (Å²) in [5.41, 5.74) is 1.44. The fraction of sp³-hybridized carbons (Fsp3) is 0.250. The maximum absolute atomic E-state index is 11.9. The van der Waals surface area contributed by atoms with E-state index in [9.17, 15) is 4.79 Å². The van der Waals surface area contributed by atoms with Gasteiger partial charge in [0, 0.05) is 18.9 Å². The first-order valence-corrected chi connectivity index (χ1v) is 7.07. The second-order valence-corrected chi connectivity index (χ2v) is 5.26. The second-order valence-electron chi connectivity index (χ2n) is 4.86. The van der Waals surface area contributed by atoms with Gasteiger partial charge < -0.3 is 10.1 Å². The van der Waals surface area contributed by atoms with Crippen molar-refractivity contribution >= 4 is 17.5 Å². The molecule has 1 aromatic heterocycles. The lowest BCUT2D eigenvalue weighted by Gasteiger charge is -2.12. The molecule has 1 N–H and O–H groups in total. The van der Waals surface area contributed by atoms with Gasteiger partial charge in [0.15, 0.2) is 0 Å². The summed E-state index contributed by atoms with van der Waals surface area (Å²) in [5.74, 6) is 0.482. The maximum atomic E-state index is 11.9. The molecule has 0 saturated carbocycles. The molecule has 0 aliphatic carbocycles. The molecule has 0 aliphatic rings. The molecule has 5 heteroatoms. The molecule has 0 spiro atoms. The van der Waals surface area contributed by atoms with E-state index >= 15 is 0 Å². The Morgan fingerprint density at radius 3 is 2.81 bits per heavy atom. The van der Waals surface area contributed by atoms with Crippen molar-refractivity contribution < 1.29 is 9.53 Å². The summed E-state index contributed by atoms with van der Waals surface area (Å²) in [6.45, 7) is 4.28. The van der Waals surface area contributed by atoms with Crippen LogP contribution in [0.2, 0.25) is 5.02 Å². The molecular formula is C16H17ClN2O2. The smallest absolute Gasteiger partial charge is 0.253 e. The largest absolute Gasteiger partial charge is 0.489 e. The number of ether oxygens (including phenoxy) is 1. The van der Waals surface area contributed by atoms with Crippen LogP contribution in [0.15, 0.2) is 42.7 Å². The zero-order valence-corrected chi connectivity index (χ0v) is 12.7. The molecule has 0 fully saturated rings. The van der Waals surface area contributed by atoms with Gasteiger partial charge in [-0.2, -0.15) is 0 Å². The molecule has 0 bridgehead atoms. The van der Waals surface area contributed by atoms with Crippen LogP contribution in [0.1, 0.15) is 29.8 Å². The predicted octanol–water partition coefficient (Wildman–Crippen LogP) is 3.45. The van der Waals surface area contributed by atoms with E-state index in [1.54, 1.807) is 24.4 Å². The van der Waals surface area contributed by atoms with Gasteiger partial charge in [-0.15, -0.1) is 0 Å². The van der Waals surface area contributed by atoms with E-state index in [0.29, 0.717) is 22.9 Å². The number of nitrogens with one attached hydrogen (secondary N) is 1. The Bertz CT molecular complexity index is 615. The van der Waals surface area contributed by atoms with Crippen LogP contribution in [0.25, 0.3) is 0 Å². The first-order chi connectivity index (χ1) is 10.1. The number of rotatable bonds is 5. The van der Waals surface area contributed by atoms with Crippen LogP contribution in [0.5, 0.6) is 5.75 Å². The van der Waals surface area contributed by atoms with E-state index in [-0.39, 0.29) is 12.0 Å². The highest BCUT2D eigenvalue weighted by Crippen LogP contribution is 2.26. The number of pyridine rings is 1. The van der Waals surface area contributed by atoms with Gasteiger partial charge in [-0.1, -0.05) is 17.7 Å². The third-order valence-corrected chi connectivity index (χ3v) is 3.03. The molecule has 0 atom stereocenters. The molecule has 2 rings (SSSR count). The summed E-state index contributed by atoms with van der Waals surface area (Å²) in [4.78, 5) is 15.8. The number of benzene rings is 1. The van der Waals surface area contributed by atoms with Crippen LogP contribution >= 0.6 is 11.6 Å². The first-order valence-electron chi connectivity index (χ1n) is 6.69. The number of amides is 1. The van der Waals surface area contributed by atoms with E-state index in [1.807, 2.05) is 26.0 Å². The lowest BCUT2D eigenvalue weighted by atomic mass is 10.2. The normalized spacial score (nSPS) is 10.5. The number of hydrogen-bond donors (Lipinski definition) is 1. The second kappa shape index (κ2) is 7.09. The number of hydrogen-bond acceptors (Lipinski definition) is 3. The van der Waals surface area contributed by atoms with Gasteiger partial charge >= 0.3 is 0 Å². The molecule has 1 amide bonds. The Morgan fingerprint density at radius 1 is 1.38 bits per heavy atom. The van der Waals surface area contributed by atoms with Crippen molar-refractivity contribution in [2.45, 2.75) is 26.5 Å². The summed E-state index contributed by atoms with van der Waals surface area (Å²) in [7, 11) is 0.